The highest BCUT2D eigenvalue weighted by Gasteiger charge is 2.15. The number of rotatable bonds is 7. The van der Waals surface area contributed by atoms with Gasteiger partial charge in [0.2, 0.25) is 11.8 Å². The van der Waals surface area contributed by atoms with E-state index in [9.17, 15) is 5.11 Å². The Balaban J connectivity index is 1.73. The van der Waals surface area contributed by atoms with Gasteiger partial charge in [0.25, 0.3) is 0 Å². The fourth-order valence-corrected chi connectivity index (χ4v) is 2.78. The number of aliphatic hydroxyl groups is 1. The number of hydrogen-bond donors (Lipinski definition) is 1. The second-order valence-corrected chi connectivity index (χ2v) is 6.26. The van der Waals surface area contributed by atoms with Crippen molar-refractivity contribution in [2.24, 2.45) is 0 Å². The molecular weight excluding hydrogens is 314 g/mol. The van der Waals surface area contributed by atoms with E-state index in [1.165, 1.54) is 11.1 Å². The van der Waals surface area contributed by atoms with E-state index >= 15 is 0 Å². The molecule has 0 bridgehead atoms. The molecule has 1 aromatic heterocycles. The minimum Gasteiger partial charge on any atom is -0.423 e. The Morgan fingerprint density at radius 3 is 2.40 bits per heavy atom. The Bertz CT molecular complexity index is 799. The number of hydrogen-bond acceptors (Lipinski definition) is 5. The molecule has 0 fully saturated rings. The van der Waals surface area contributed by atoms with Gasteiger partial charge in [-0.1, -0.05) is 42.5 Å². The van der Waals surface area contributed by atoms with Gasteiger partial charge in [-0.3, -0.25) is 0 Å². The number of aryl methyl sites for hydroxylation is 1. The topological polar surface area (TPSA) is 62.4 Å². The van der Waals surface area contributed by atoms with E-state index in [-0.39, 0.29) is 0 Å². The monoisotopic (exact) mass is 337 g/mol. The van der Waals surface area contributed by atoms with Gasteiger partial charge in [0.05, 0.1) is 19.1 Å². The number of nitrogens with zero attached hydrogens (tertiary/aromatic N) is 3. The molecule has 0 saturated carbocycles. The van der Waals surface area contributed by atoms with Crippen molar-refractivity contribution in [2.45, 2.75) is 32.9 Å². The molecule has 0 aliphatic rings. The van der Waals surface area contributed by atoms with Crippen LogP contribution in [0.2, 0.25) is 0 Å². The van der Waals surface area contributed by atoms with E-state index in [0.29, 0.717) is 31.3 Å². The zero-order valence-electron chi connectivity index (χ0n) is 14.6. The maximum atomic E-state index is 9.78. The maximum absolute atomic E-state index is 9.78. The fourth-order valence-electron chi connectivity index (χ4n) is 2.78. The Morgan fingerprint density at radius 1 is 1.00 bits per heavy atom. The number of anilines is 1. The average molecular weight is 337 g/mol. The zero-order valence-corrected chi connectivity index (χ0v) is 14.6. The van der Waals surface area contributed by atoms with Crippen molar-refractivity contribution in [2.75, 3.05) is 11.4 Å². The molecule has 0 aliphatic heterocycles. The van der Waals surface area contributed by atoms with Gasteiger partial charge in [-0.2, -0.15) is 0 Å². The highest BCUT2D eigenvalue weighted by Crippen LogP contribution is 2.18. The van der Waals surface area contributed by atoms with Crippen molar-refractivity contribution >= 4 is 5.69 Å². The van der Waals surface area contributed by atoms with Crippen LogP contribution in [-0.4, -0.2) is 28.0 Å². The van der Waals surface area contributed by atoms with Gasteiger partial charge in [0.15, 0.2) is 0 Å². The van der Waals surface area contributed by atoms with Crippen LogP contribution >= 0.6 is 0 Å². The quantitative estimate of drug-likeness (QED) is 0.716. The van der Waals surface area contributed by atoms with Crippen LogP contribution in [0, 0.1) is 6.92 Å². The van der Waals surface area contributed by atoms with Gasteiger partial charge >= 0.3 is 0 Å². The van der Waals surface area contributed by atoms with E-state index in [4.69, 9.17) is 4.42 Å². The molecule has 0 amide bonds. The summed E-state index contributed by atoms with van der Waals surface area (Å²) in [5.41, 5.74) is 3.41. The van der Waals surface area contributed by atoms with Crippen molar-refractivity contribution in [3.8, 4) is 0 Å². The molecule has 0 spiro atoms. The predicted molar refractivity (Wildman–Crippen MR) is 97.5 cm³/mol. The van der Waals surface area contributed by atoms with Crippen molar-refractivity contribution in [1.82, 2.24) is 10.2 Å². The van der Waals surface area contributed by atoms with Gasteiger partial charge in [-0.05, 0) is 37.1 Å². The molecule has 0 radical (unpaired) electrons. The normalized spacial score (nSPS) is 12.1. The molecule has 2 aromatic carbocycles. The van der Waals surface area contributed by atoms with E-state index < -0.39 is 6.10 Å². The Morgan fingerprint density at radius 2 is 1.68 bits per heavy atom. The summed E-state index contributed by atoms with van der Waals surface area (Å²) in [7, 11) is 0. The number of para-hydroxylation sites is 1. The molecule has 3 rings (SSSR count). The highest BCUT2D eigenvalue weighted by molar-refractivity contribution is 5.46. The first-order valence-corrected chi connectivity index (χ1v) is 8.45. The first kappa shape index (κ1) is 17.2. The molecule has 0 aliphatic carbocycles. The minimum absolute atomic E-state index is 0.449. The third-order valence-electron chi connectivity index (χ3n) is 4.04. The van der Waals surface area contributed by atoms with Crippen molar-refractivity contribution < 1.29 is 9.52 Å². The lowest BCUT2D eigenvalue weighted by molar-refractivity contribution is 0.198. The molecule has 1 atom stereocenters. The standard InChI is InChI=1S/C20H23N3O2/c1-15-8-6-7-9-17(15)12-19-21-22-20(25-19)14-23(13-16(2)24)18-10-4-3-5-11-18/h3-11,16,24H,12-14H2,1-2H3/t16-/m0/s1. The van der Waals surface area contributed by atoms with Gasteiger partial charge in [0.1, 0.15) is 0 Å². The van der Waals surface area contributed by atoms with Crippen LogP contribution < -0.4 is 4.90 Å². The Kier molecular flexibility index (Phi) is 5.46. The number of aromatic nitrogens is 2. The van der Waals surface area contributed by atoms with Gasteiger partial charge in [0, 0.05) is 12.2 Å². The third kappa shape index (κ3) is 4.67. The van der Waals surface area contributed by atoms with Crippen LogP contribution in [0.25, 0.3) is 0 Å². The summed E-state index contributed by atoms with van der Waals surface area (Å²) in [4.78, 5) is 2.04. The van der Waals surface area contributed by atoms with Crippen LogP contribution in [0.1, 0.15) is 29.8 Å². The summed E-state index contributed by atoms with van der Waals surface area (Å²) in [6.07, 6.45) is 0.177. The van der Waals surface area contributed by atoms with Gasteiger partial charge in [-0.25, -0.2) is 0 Å². The van der Waals surface area contributed by atoms with Crippen molar-refractivity contribution in [1.29, 1.82) is 0 Å². The molecule has 1 N–H and O–H groups in total. The lowest BCUT2D eigenvalue weighted by atomic mass is 10.1. The van der Waals surface area contributed by atoms with E-state index in [1.54, 1.807) is 6.92 Å². The van der Waals surface area contributed by atoms with E-state index in [1.807, 2.05) is 47.4 Å². The van der Waals surface area contributed by atoms with E-state index in [0.717, 1.165) is 5.69 Å². The average Bonchev–Trinajstić information content (AvgIpc) is 3.04. The molecule has 25 heavy (non-hydrogen) atoms. The molecule has 5 heteroatoms. The molecule has 130 valence electrons. The fraction of sp³-hybridized carbons (Fsp3) is 0.300. The zero-order chi connectivity index (χ0) is 17.6. The summed E-state index contributed by atoms with van der Waals surface area (Å²) >= 11 is 0. The lowest BCUT2D eigenvalue weighted by Crippen LogP contribution is -2.30. The van der Waals surface area contributed by atoms with Crippen molar-refractivity contribution in [3.05, 3.63) is 77.5 Å². The predicted octanol–water partition coefficient (Wildman–Crippen LogP) is 3.36. The highest BCUT2D eigenvalue weighted by atomic mass is 16.4. The van der Waals surface area contributed by atoms with Crippen LogP contribution in [0.3, 0.4) is 0 Å². The Hall–Kier alpha value is -2.66. The molecular formula is C20H23N3O2. The van der Waals surface area contributed by atoms with Crippen LogP contribution in [0.5, 0.6) is 0 Å². The Labute approximate surface area is 147 Å². The summed E-state index contributed by atoms with van der Waals surface area (Å²) in [6.45, 7) is 4.81. The van der Waals surface area contributed by atoms with Gasteiger partial charge < -0.3 is 14.4 Å². The van der Waals surface area contributed by atoms with Crippen LogP contribution in [0.4, 0.5) is 5.69 Å². The van der Waals surface area contributed by atoms with Gasteiger partial charge in [-0.15, -0.1) is 10.2 Å². The summed E-state index contributed by atoms with van der Waals surface area (Å²) < 4.78 is 5.83. The first-order valence-electron chi connectivity index (χ1n) is 8.45. The summed E-state index contributed by atoms with van der Waals surface area (Å²) in [6, 6.07) is 18.1. The number of aliphatic hydroxyl groups excluding tert-OH is 1. The lowest BCUT2D eigenvalue weighted by Gasteiger charge is -2.24. The summed E-state index contributed by atoms with van der Waals surface area (Å²) in [5, 5.41) is 18.1. The SMILES string of the molecule is Cc1ccccc1Cc1nnc(CN(C[C@H](C)O)c2ccccc2)o1. The molecule has 0 saturated heterocycles. The van der Waals surface area contributed by atoms with E-state index in [2.05, 4.69) is 29.3 Å². The minimum atomic E-state index is -0.449. The maximum Gasteiger partial charge on any atom is 0.235 e. The first-order chi connectivity index (χ1) is 12.1. The smallest absolute Gasteiger partial charge is 0.235 e. The molecule has 3 aromatic rings. The third-order valence-corrected chi connectivity index (χ3v) is 4.04. The second kappa shape index (κ2) is 7.94. The molecule has 5 nitrogen and oxygen atoms in total. The number of benzene rings is 2. The second-order valence-electron chi connectivity index (χ2n) is 6.26. The van der Waals surface area contributed by atoms with Crippen LogP contribution in [0.15, 0.2) is 59.0 Å². The molecule has 1 heterocycles. The summed E-state index contributed by atoms with van der Waals surface area (Å²) in [5.74, 6) is 1.16. The largest absolute Gasteiger partial charge is 0.423 e. The van der Waals surface area contributed by atoms with Crippen LogP contribution in [-0.2, 0) is 13.0 Å². The van der Waals surface area contributed by atoms with Crippen molar-refractivity contribution in [3.63, 3.8) is 0 Å². The molecule has 0 unspecified atom stereocenters.